The Bertz CT molecular complexity index is 954. The molecule has 0 aliphatic carbocycles. The number of ether oxygens (including phenoxy) is 2. The van der Waals surface area contributed by atoms with Crippen molar-refractivity contribution in [1.29, 1.82) is 0 Å². The smallest absolute Gasteiger partial charge is 0.294 e. The van der Waals surface area contributed by atoms with Crippen LogP contribution in [0.4, 0.5) is 10.5 Å². The maximum absolute atomic E-state index is 12.6. The number of nitrogens with one attached hydrogen (secondary N) is 1. The molecule has 2 aromatic rings. The Morgan fingerprint density at radius 2 is 1.53 bits per heavy atom. The SMILES string of the molecule is CCOc1ccc(/C=C2/SC(=O)N(CC(=O)Nc3ccc(OCC)cc3)C2=O)cc1. The summed E-state index contributed by atoms with van der Waals surface area (Å²) in [4.78, 5) is 38.3. The fourth-order valence-corrected chi connectivity index (χ4v) is 3.60. The first-order chi connectivity index (χ1) is 14.5. The number of nitrogens with zero attached hydrogens (tertiary/aromatic N) is 1. The molecule has 7 nitrogen and oxygen atoms in total. The molecule has 3 amide bonds. The van der Waals surface area contributed by atoms with Gasteiger partial charge in [-0.15, -0.1) is 0 Å². The van der Waals surface area contributed by atoms with Crippen molar-refractivity contribution in [3.8, 4) is 11.5 Å². The van der Waals surface area contributed by atoms with Gasteiger partial charge in [0.2, 0.25) is 5.91 Å². The van der Waals surface area contributed by atoms with E-state index in [4.69, 9.17) is 9.47 Å². The third-order valence-corrected chi connectivity index (χ3v) is 5.02. The van der Waals surface area contributed by atoms with Crippen molar-refractivity contribution in [3.63, 3.8) is 0 Å². The molecular formula is C22H22N2O5S. The highest BCUT2D eigenvalue weighted by Gasteiger charge is 2.36. The van der Waals surface area contributed by atoms with Crippen LogP contribution >= 0.6 is 11.8 Å². The first-order valence-electron chi connectivity index (χ1n) is 9.51. The maximum atomic E-state index is 12.6. The second kappa shape index (κ2) is 9.98. The van der Waals surface area contributed by atoms with Gasteiger partial charge in [-0.2, -0.15) is 0 Å². The molecule has 156 valence electrons. The summed E-state index contributed by atoms with van der Waals surface area (Å²) < 4.78 is 10.7. The number of benzene rings is 2. The van der Waals surface area contributed by atoms with E-state index in [0.717, 1.165) is 28.0 Å². The zero-order chi connectivity index (χ0) is 21.5. The lowest BCUT2D eigenvalue weighted by molar-refractivity contribution is -0.127. The second-order valence-electron chi connectivity index (χ2n) is 6.28. The lowest BCUT2D eigenvalue weighted by Gasteiger charge is -2.12. The van der Waals surface area contributed by atoms with E-state index >= 15 is 0 Å². The van der Waals surface area contributed by atoms with Crippen LogP contribution in [0.2, 0.25) is 0 Å². The number of carbonyl (C=O) groups is 3. The fraction of sp³-hybridized carbons (Fsp3) is 0.227. The molecule has 1 aliphatic heterocycles. The van der Waals surface area contributed by atoms with Gasteiger partial charge in [-0.25, -0.2) is 0 Å². The molecule has 0 bridgehead atoms. The molecule has 0 unspecified atom stereocenters. The van der Waals surface area contributed by atoms with Crippen LogP contribution in [0, 0.1) is 0 Å². The third kappa shape index (κ3) is 5.42. The van der Waals surface area contributed by atoms with Crippen LogP contribution in [0.1, 0.15) is 19.4 Å². The van der Waals surface area contributed by atoms with Crippen molar-refractivity contribution in [2.45, 2.75) is 13.8 Å². The van der Waals surface area contributed by atoms with E-state index in [9.17, 15) is 14.4 Å². The van der Waals surface area contributed by atoms with Crippen LogP contribution in [0.3, 0.4) is 0 Å². The van der Waals surface area contributed by atoms with Crippen molar-refractivity contribution in [2.75, 3.05) is 25.1 Å². The molecule has 1 heterocycles. The van der Waals surface area contributed by atoms with E-state index in [-0.39, 0.29) is 11.4 Å². The molecule has 1 N–H and O–H groups in total. The van der Waals surface area contributed by atoms with E-state index in [1.54, 1.807) is 54.6 Å². The zero-order valence-corrected chi connectivity index (χ0v) is 17.5. The van der Waals surface area contributed by atoms with Gasteiger partial charge in [0.15, 0.2) is 0 Å². The number of carbonyl (C=O) groups excluding carboxylic acids is 3. The normalized spacial score (nSPS) is 14.9. The van der Waals surface area contributed by atoms with Gasteiger partial charge in [-0.1, -0.05) is 12.1 Å². The van der Waals surface area contributed by atoms with Gasteiger partial charge >= 0.3 is 0 Å². The number of rotatable bonds is 8. The van der Waals surface area contributed by atoms with E-state index in [2.05, 4.69) is 5.32 Å². The molecule has 1 fully saturated rings. The van der Waals surface area contributed by atoms with Crippen LogP contribution in [0.25, 0.3) is 6.08 Å². The van der Waals surface area contributed by atoms with E-state index in [0.29, 0.717) is 24.7 Å². The van der Waals surface area contributed by atoms with Crippen LogP contribution in [-0.4, -0.2) is 41.7 Å². The number of hydrogen-bond acceptors (Lipinski definition) is 6. The molecule has 0 radical (unpaired) electrons. The first kappa shape index (κ1) is 21.4. The van der Waals surface area contributed by atoms with Gasteiger partial charge in [-0.3, -0.25) is 19.3 Å². The molecular weight excluding hydrogens is 404 g/mol. The van der Waals surface area contributed by atoms with Gasteiger partial charge in [-0.05, 0) is 73.6 Å². The highest BCUT2D eigenvalue weighted by Crippen LogP contribution is 2.32. The molecule has 0 atom stereocenters. The lowest BCUT2D eigenvalue weighted by Crippen LogP contribution is -2.36. The average molecular weight is 426 g/mol. The van der Waals surface area contributed by atoms with Crippen molar-refractivity contribution in [2.24, 2.45) is 0 Å². The van der Waals surface area contributed by atoms with E-state index < -0.39 is 17.1 Å². The zero-order valence-electron chi connectivity index (χ0n) is 16.7. The number of hydrogen-bond donors (Lipinski definition) is 1. The summed E-state index contributed by atoms with van der Waals surface area (Å²) in [6.45, 7) is 4.55. The number of amides is 3. The molecule has 1 saturated heterocycles. The largest absolute Gasteiger partial charge is 0.494 e. The summed E-state index contributed by atoms with van der Waals surface area (Å²) in [5.41, 5.74) is 1.32. The Morgan fingerprint density at radius 1 is 0.967 bits per heavy atom. The predicted molar refractivity (Wildman–Crippen MR) is 117 cm³/mol. The van der Waals surface area contributed by atoms with Crippen LogP contribution in [-0.2, 0) is 9.59 Å². The number of anilines is 1. The van der Waals surface area contributed by atoms with Gasteiger partial charge in [0.05, 0.1) is 18.1 Å². The highest BCUT2D eigenvalue weighted by atomic mass is 32.2. The second-order valence-corrected chi connectivity index (χ2v) is 7.27. The minimum Gasteiger partial charge on any atom is -0.494 e. The Hall–Kier alpha value is -3.26. The maximum Gasteiger partial charge on any atom is 0.294 e. The van der Waals surface area contributed by atoms with Crippen molar-refractivity contribution in [3.05, 3.63) is 59.0 Å². The summed E-state index contributed by atoms with van der Waals surface area (Å²) in [6.07, 6.45) is 1.63. The van der Waals surface area contributed by atoms with Crippen molar-refractivity contribution in [1.82, 2.24) is 4.90 Å². The monoisotopic (exact) mass is 426 g/mol. The van der Waals surface area contributed by atoms with Gasteiger partial charge in [0.25, 0.3) is 11.1 Å². The first-order valence-corrected chi connectivity index (χ1v) is 10.3. The Morgan fingerprint density at radius 3 is 2.10 bits per heavy atom. The van der Waals surface area contributed by atoms with Gasteiger partial charge in [0.1, 0.15) is 18.0 Å². The molecule has 30 heavy (non-hydrogen) atoms. The Kier molecular flexibility index (Phi) is 7.13. The average Bonchev–Trinajstić information content (AvgIpc) is 2.99. The number of imide groups is 1. The number of thioether (sulfide) groups is 1. The van der Waals surface area contributed by atoms with Crippen LogP contribution in [0.15, 0.2) is 53.4 Å². The fourth-order valence-electron chi connectivity index (χ4n) is 2.76. The summed E-state index contributed by atoms with van der Waals surface area (Å²) in [6, 6.07) is 14.1. The highest BCUT2D eigenvalue weighted by molar-refractivity contribution is 8.18. The standard InChI is InChI=1S/C22H22N2O5S/c1-3-28-17-9-5-15(6-10-17)13-19-21(26)24(22(27)30-19)14-20(25)23-16-7-11-18(12-8-16)29-4-2/h5-13H,3-4,14H2,1-2H3,(H,23,25)/b19-13+. The quantitative estimate of drug-likeness (QED) is 0.638. The third-order valence-electron chi connectivity index (χ3n) is 4.11. The summed E-state index contributed by atoms with van der Waals surface area (Å²) in [5.74, 6) is 0.485. The van der Waals surface area contributed by atoms with Gasteiger partial charge < -0.3 is 14.8 Å². The van der Waals surface area contributed by atoms with Crippen molar-refractivity contribution >= 4 is 40.6 Å². The van der Waals surface area contributed by atoms with Crippen LogP contribution < -0.4 is 14.8 Å². The van der Waals surface area contributed by atoms with Gasteiger partial charge in [0, 0.05) is 5.69 Å². The Balaban J connectivity index is 1.62. The molecule has 2 aromatic carbocycles. The van der Waals surface area contributed by atoms with E-state index in [1.807, 2.05) is 13.8 Å². The summed E-state index contributed by atoms with van der Waals surface area (Å²) >= 11 is 0.818. The van der Waals surface area contributed by atoms with Crippen molar-refractivity contribution < 1.29 is 23.9 Å². The van der Waals surface area contributed by atoms with E-state index in [1.165, 1.54) is 0 Å². The lowest BCUT2D eigenvalue weighted by atomic mass is 10.2. The molecule has 8 heteroatoms. The molecule has 0 saturated carbocycles. The van der Waals surface area contributed by atoms with Crippen LogP contribution in [0.5, 0.6) is 11.5 Å². The summed E-state index contributed by atoms with van der Waals surface area (Å²) in [5, 5.41) is 2.21. The topological polar surface area (TPSA) is 84.9 Å². The minimum atomic E-state index is -0.485. The minimum absolute atomic E-state index is 0.276. The Labute approximate surface area is 179 Å². The molecule has 1 aliphatic rings. The molecule has 0 spiro atoms. The summed E-state index contributed by atoms with van der Waals surface area (Å²) in [7, 11) is 0. The predicted octanol–water partition coefficient (Wildman–Crippen LogP) is 4.16. The molecule has 3 rings (SSSR count). The molecule has 0 aromatic heterocycles.